The van der Waals surface area contributed by atoms with Crippen molar-refractivity contribution in [2.24, 2.45) is 0 Å². The number of halogens is 4. The Balaban J connectivity index is 1.96. The summed E-state index contributed by atoms with van der Waals surface area (Å²) in [4.78, 5) is 24.6. The van der Waals surface area contributed by atoms with Gasteiger partial charge < -0.3 is 15.4 Å². The van der Waals surface area contributed by atoms with Crippen molar-refractivity contribution in [2.75, 3.05) is 17.2 Å². The predicted molar refractivity (Wildman–Crippen MR) is 91.8 cm³/mol. The van der Waals surface area contributed by atoms with E-state index in [4.69, 9.17) is 16.3 Å². The minimum absolute atomic E-state index is 0.00539. The molecule has 0 aliphatic carbocycles. The number of benzene rings is 1. The third kappa shape index (κ3) is 3.84. The van der Waals surface area contributed by atoms with Crippen LogP contribution < -0.4 is 10.6 Å². The largest absolute Gasteiger partial charge is 0.471 e. The van der Waals surface area contributed by atoms with Crippen LogP contribution in [0.1, 0.15) is 20.8 Å². The summed E-state index contributed by atoms with van der Waals surface area (Å²) in [6.07, 6.45) is -4.70. The van der Waals surface area contributed by atoms with Crippen LogP contribution in [0.5, 0.6) is 0 Å². The van der Waals surface area contributed by atoms with Crippen molar-refractivity contribution in [1.29, 1.82) is 0 Å². The number of alkyl halides is 3. The van der Waals surface area contributed by atoms with Gasteiger partial charge in [0.2, 0.25) is 0 Å². The number of carbonyl (C=O) groups is 2. The van der Waals surface area contributed by atoms with Gasteiger partial charge in [-0.15, -0.1) is 11.3 Å². The van der Waals surface area contributed by atoms with Crippen LogP contribution in [0.25, 0.3) is 0 Å². The highest BCUT2D eigenvalue weighted by atomic mass is 35.5. The molecule has 0 fully saturated rings. The highest BCUT2D eigenvalue weighted by Crippen LogP contribution is 2.38. The molecule has 2 N–H and O–H groups in total. The maximum absolute atomic E-state index is 12.7. The van der Waals surface area contributed by atoms with Crippen LogP contribution in [0.3, 0.4) is 0 Å². The number of hydrogen-bond acceptors (Lipinski definition) is 4. The van der Waals surface area contributed by atoms with Crippen molar-refractivity contribution < 1.29 is 27.5 Å². The molecule has 2 heterocycles. The van der Waals surface area contributed by atoms with Gasteiger partial charge in [-0.25, -0.2) is 0 Å². The van der Waals surface area contributed by atoms with E-state index in [1.807, 2.05) is 0 Å². The van der Waals surface area contributed by atoms with Gasteiger partial charge in [-0.2, -0.15) is 13.2 Å². The minimum atomic E-state index is -5.06. The molecule has 0 spiro atoms. The SMILES string of the molecule is O=C(Nc1ccccc1Cl)c1c(NC(=O)C(F)(F)F)sc2c1CCOC2. The maximum Gasteiger partial charge on any atom is 0.471 e. The number of rotatable bonds is 3. The Morgan fingerprint density at radius 2 is 1.92 bits per heavy atom. The van der Waals surface area contributed by atoms with E-state index >= 15 is 0 Å². The molecule has 1 aliphatic rings. The molecular weight excluding hydrogens is 393 g/mol. The molecule has 2 aromatic rings. The fraction of sp³-hybridized carbons (Fsp3) is 0.250. The monoisotopic (exact) mass is 404 g/mol. The smallest absolute Gasteiger partial charge is 0.376 e. The predicted octanol–water partition coefficient (Wildman–Crippen LogP) is 4.23. The van der Waals surface area contributed by atoms with Crippen molar-refractivity contribution in [3.8, 4) is 0 Å². The molecule has 5 nitrogen and oxygen atoms in total. The average Bonchev–Trinajstić information content (AvgIpc) is 2.94. The zero-order valence-electron chi connectivity index (χ0n) is 13.1. The fourth-order valence-corrected chi connectivity index (χ4v) is 3.84. The van der Waals surface area contributed by atoms with Crippen molar-refractivity contribution in [2.45, 2.75) is 19.2 Å². The molecule has 2 amide bonds. The van der Waals surface area contributed by atoms with Gasteiger partial charge in [0, 0.05) is 4.88 Å². The highest BCUT2D eigenvalue weighted by Gasteiger charge is 2.40. The van der Waals surface area contributed by atoms with Crippen molar-refractivity contribution >= 4 is 45.4 Å². The molecule has 0 radical (unpaired) electrons. The number of hydrogen-bond donors (Lipinski definition) is 2. The molecule has 0 saturated carbocycles. The number of thiophene rings is 1. The zero-order valence-corrected chi connectivity index (χ0v) is 14.6. The molecule has 0 atom stereocenters. The van der Waals surface area contributed by atoms with E-state index in [0.29, 0.717) is 29.2 Å². The second kappa shape index (κ2) is 7.26. The number of ether oxygens (including phenoxy) is 1. The average molecular weight is 405 g/mol. The van der Waals surface area contributed by atoms with Gasteiger partial charge in [0.15, 0.2) is 0 Å². The number of amides is 2. The van der Waals surface area contributed by atoms with Crippen LogP contribution in [0.2, 0.25) is 5.02 Å². The van der Waals surface area contributed by atoms with E-state index in [0.717, 1.165) is 11.3 Å². The Labute approximate surface area is 155 Å². The summed E-state index contributed by atoms with van der Waals surface area (Å²) >= 11 is 6.91. The molecule has 26 heavy (non-hydrogen) atoms. The second-order valence-electron chi connectivity index (χ2n) is 5.40. The molecule has 0 unspecified atom stereocenters. The van der Waals surface area contributed by atoms with Crippen LogP contribution in [-0.2, 0) is 22.6 Å². The van der Waals surface area contributed by atoms with Crippen LogP contribution in [0.15, 0.2) is 24.3 Å². The Bertz CT molecular complexity index is 867. The van der Waals surface area contributed by atoms with Crippen LogP contribution in [0.4, 0.5) is 23.9 Å². The van der Waals surface area contributed by atoms with Gasteiger partial charge in [-0.05, 0) is 24.1 Å². The first kappa shape index (κ1) is 18.7. The molecule has 1 aliphatic heterocycles. The lowest BCUT2D eigenvalue weighted by molar-refractivity contribution is -0.167. The summed E-state index contributed by atoms with van der Waals surface area (Å²) < 4.78 is 43.1. The number of para-hydroxylation sites is 1. The lowest BCUT2D eigenvalue weighted by Gasteiger charge is -2.14. The Kier molecular flexibility index (Phi) is 5.22. The number of nitrogens with one attached hydrogen (secondary N) is 2. The fourth-order valence-electron chi connectivity index (χ4n) is 2.48. The Hall–Kier alpha value is -2.10. The van der Waals surface area contributed by atoms with E-state index in [1.165, 1.54) is 0 Å². The molecule has 1 aromatic heterocycles. The summed E-state index contributed by atoms with van der Waals surface area (Å²) in [5.74, 6) is -2.78. The van der Waals surface area contributed by atoms with Gasteiger partial charge in [-0.1, -0.05) is 23.7 Å². The summed E-state index contributed by atoms with van der Waals surface area (Å²) in [6.45, 7) is 0.511. The molecule has 0 saturated heterocycles. The van der Waals surface area contributed by atoms with E-state index in [-0.39, 0.29) is 22.2 Å². The van der Waals surface area contributed by atoms with E-state index in [9.17, 15) is 22.8 Å². The Morgan fingerprint density at radius 3 is 2.62 bits per heavy atom. The normalized spacial score (nSPS) is 13.8. The van der Waals surface area contributed by atoms with E-state index in [2.05, 4.69) is 5.32 Å². The molecule has 1 aromatic carbocycles. The van der Waals surface area contributed by atoms with Gasteiger partial charge in [0.1, 0.15) is 5.00 Å². The molecule has 3 rings (SSSR count). The minimum Gasteiger partial charge on any atom is -0.376 e. The van der Waals surface area contributed by atoms with E-state index < -0.39 is 18.0 Å². The lowest BCUT2D eigenvalue weighted by atomic mass is 10.0. The quantitative estimate of drug-likeness (QED) is 0.804. The van der Waals surface area contributed by atoms with Crippen LogP contribution in [0, 0.1) is 0 Å². The molecule has 138 valence electrons. The summed E-state index contributed by atoms with van der Waals surface area (Å²) in [7, 11) is 0. The van der Waals surface area contributed by atoms with Crippen LogP contribution >= 0.6 is 22.9 Å². The zero-order chi connectivity index (χ0) is 18.9. The number of carbonyl (C=O) groups excluding carboxylic acids is 2. The third-order valence-electron chi connectivity index (χ3n) is 3.65. The first-order valence-electron chi connectivity index (χ1n) is 7.43. The highest BCUT2D eigenvalue weighted by molar-refractivity contribution is 7.17. The maximum atomic E-state index is 12.7. The van der Waals surface area contributed by atoms with Crippen molar-refractivity contribution in [3.63, 3.8) is 0 Å². The second-order valence-corrected chi connectivity index (χ2v) is 6.91. The molecule has 10 heteroatoms. The number of fused-ring (bicyclic) bond motifs is 1. The first-order valence-corrected chi connectivity index (χ1v) is 8.63. The molecule has 0 bridgehead atoms. The molecular formula is C16H12ClF3N2O3S. The standard InChI is InChI=1S/C16H12ClF3N2O3S/c17-9-3-1-2-4-10(9)21-13(23)12-8-5-6-25-7-11(8)26-14(12)22-15(24)16(18,19)20/h1-4H,5-7H2,(H,21,23)(H,22,24). The van der Waals surface area contributed by atoms with Crippen molar-refractivity contribution in [1.82, 2.24) is 0 Å². The summed E-state index contributed by atoms with van der Waals surface area (Å²) in [5, 5.41) is 4.50. The summed E-state index contributed by atoms with van der Waals surface area (Å²) in [5.41, 5.74) is 0.897. The van der Waals surface area contributed by atoms with Crippen molar-refractivity contribution in [3.05, 3.63) is 45.3 Å². The third-order valence-corrected chi connectivity index (χ3v) is 5.10. The lowest BCUT2D eigenvalue weighted by Crippen LogP contribution is -2.30. The van der Waals surface area contributed by atoms with Crippen LogP contribution in [-0.4, -0.2) is 24.6 Å². The summed E-state index contributed by atoms with van der Waals surface area (Å²) in [6, 6.07) is 6.47. The van der Waals surface area contributed by atoms with Gasteiger partial charge in [0.25, 0.3) is 5.91 Å². The van der Waals surface area contributed by atoms with Gasteiger partial charge in [-0.3, -0.25) is 9.59 Å². The van der Waals surface area contributed by atoms with E-state index in [1.54, 1.807) is 29.6 Å². The number of anilines is 2. The van der Waals surface area contributed by atoms with Gasteiger partial charge in [0.05, 0.1) is 29.5 Å². The van der Waals surface area contributed by atoms with Gasteiger partial charge >= 0.3 is 12.1 Å². The Morgan fingerprint density at radius 1 is 1.19 bits per heavy atom. The first-order chi connectivity index (χ1) is 12.3. The topological polar surface area (TPSA) is 67.4 Å².